The number of allylic oxidation sites excluding steroid dienone is 1. The van der Waals surface area contributed by atoms with Gasteiger partial charge in [-0.05, 0) is 42.0 Å². The summed E-state index contributed by atoms with van der Waals surface area (Å²) in [6.45, 7) is 0. The first-order valence-corrected chi connectivity index (χ1v) is 11.3. The number of aromatic nitrogens is 3. The summed E-state index contributed by atoms with van der Waals surface area (Å²) in [4.78, 5) is 17.7. The van der Waals surface area contributed by atoms with Gasteiger partial charge in [-0.1, -0.05) is 60.3 Å². The lowest BCUT2D eigenvalue weighted by molar-refractivity contribution is 0.0944. The van der Waals surface area contributed by atoms with E-state index >= 15 is 0 Å². The van der Waals surface area contributed by atoms with Crippen LogP contribution < -0.4 is 9.47 Å². The molecule has 6 nitrogen and oxygen atoms in total. The Morgan fingerprint density at radius 3 is 2.39 bits per heavy atom. The molecule has 0 aliphatic heterocycles. The van der Waals surface area contributed by atoms with E-state index in [9.17, 15) is 4.79 Å². The minimum absolute atomic E-state index is 0.288. The standard InChI is InChI=1S/C26H23N3O3S/c1-31-22-15-12-21(13-16-22)25-27-26(33-18-19-8-4-3-5-9-19)29(28-25)24(30)17-14-20-10-6-7-11-23(20)32-2/h3-17H,18H2,1-2H3. The smallest absolute Gasteiger partial charge is 0.273 e. The summed E-state index contributed by atoms with van der Waals surface area (Å²) in [6.07, 6.45) is 3.21. The minimum atomic E-state index is -0.288. The number of ether oxygens (including phenoxy) is 2. The third-order valence-electron chi connectivity index (χ3n) is 4.89. The molecule has 0 amide bonds. The lowest BCUT2D eigenvalue weighted by Crippen LogP contribution is -2.11. The van der Waals surface area contributed by atoms with Gasteiger partial charge in [-0.25, -0.2) is 4.98 Å². The highest BCUT2D eigenvalue weighted by Gasteiger charge is 2.17. The first kappa shape index (κ1) is 22.4. The Bertz CT molecular complexity index is 1250. The lowest BCUT2D eigenvalue weighted by atomic mass is 10.2. The molecule has 4 aromatic rings. The van der Waals surface area contributed by atoms with Crippen molar-refractivity contribution in [2.75, 3.05) is 14.2 Å². The SMILES string of the molecule is COc1ccc(-c2nc(SCc3ccccc3)n(C(=O)C=Cc3ccccc3OC)n2)cc1. The Morgan fingerprint density at radius 2 is 1.67 bits per heavy atom. The van der Waals surface area contributed by atoms with Crippen molar-refractivity contribution >= 4 is 23.7 Å². The molecule has 0 fully saturated rings. The topological polar surface area (TPSA) is 66.2 Å². The Labute approximate surface area is 196 Å². The quantitative estimate of drug-likeness (QED) is 0.253. The maximum atomic E-state index is 13.1. The second-order valence-corrected chi connectivity index (χ2v) is 7.99. The van der Waals surface area contributed by atoms with E-state index in [2.05, 4.69) is 10.1 Å². The van der Waals surface area contributed by atoms with Crippen LogP contribution in [0.4, 0.5) is 0 Å². The molecule has 0 unspecified atom stereocenters. The molecule has 1 heterocycles. The van der Waals surface area contributed by atoms with Crippen molar-refractivity contribution in [2.45, 2.75) is 10.9 Å². The van der Waals surface area contributed by atoms with E-state index < -0.39 is 0 Å². The highest BCUT2D eigenvalue weighted by molar-refractivity contribution is 7.98. The monoisotopic (exact) mass is 457 g/mol. The zero-order valence-electron chi connectivity index (χ0n) is 18.3. The summed E-state index contributed by atoms with van der Waals surface area (Å²) in [5.41, 5.74) is 2.75. The molecular weight excluding hydrogens is 434 g/mol. The van der Waals surface area contributed by atoms with Crippen LogP contribution in [0.25, 0.3) is 17.5 Å². The normalized spacial score (nSPS) is 11.0. The summed E-state index contributed by atoms with van der Waals surface area (Å²) < 4.78 is 11.9. The Hall–Kier alpha value is -3.84. The van der Waals surface area contributed by atoms with Crippen molar-refractivity contribution in [1.29, 1.82) is 0 Å². The van der Waals surface area contributed by atoms with Gasteiger partial charge in [0.25, 0.3) is 5.91 Å². The molecule has 0 saturated heterocycles. The number of carbonyl (C=O) groups excluding carboxylic acids is 1. The molecule has 33 heavy (non-hydrogen) atoms. The van der Waals surface area contributed by atoms with Crippen LogP contribution in [-0.4, -0.2) is 34.9 Å². The summed E-state index contributed by atoms with van der Waals surface area (Å²) in [6, 6.07) is 25.0. The minimum Gasteiger partial charge on any atom is -0.497 e. The van der Waals surface area contributed by atoms with E-state index in [4.69, 9.17) is 9.47 Å². The average molecular weight is 458 g/mol. The summed E-state index contributed by atoms with van der Waals surface area (Å²) in [5.74, 6) is 2.30. The molecular formula is C26H23N3O3S. The van der Waals surface area contributed by atoms with Crippen LogP contribution in [0.5, 0.6) is 11.5 Å². The molecule has 4 rings (SSSR count). The molecule has 7 heteroatoms. The Morgan fingerprint density at radius 1 is 0.939 bits per heavy atom. The number of thioether (sulfide) groups is 1. The lowest BCUT2D eigenvalue weighted by Gasteiger charge is -2.04. The maximum absolute atomic E-state index is 13.1. The molecule has 0 aliphatic rings. The van der Waals surface area contributed by atoms with Crippen molar-refractivity contribution in [3.8, 4) is 22.9 Å². The number of hydrogen-bond donors (Lipinski definition) is 0. The molecule has 0 N–H and O–H groups in total. The third kappa shape index (κ3) is 5.51. The van der Waals surface area contributed by atoms with E-state index in [-0.39, 0.29) is 5.91 Å². The third-order valence-corrected chi connectivity index (χ3v) is 5.89. The molecule has 166 valence electrons. The molecule has 0 saturated carbocycles. The second kappa shape index (κ2) is 10.7. The first-order chi connectivity index (χ1) is 16.2. The fraction of sp³-hybridized carbons (Fsp3) is 0.115. The number of hydrogen-bond acceptors (Lipinski definition) is 6. The van der Waals surface area contributed by atoms with E-state index in [1.807, 2.05) is 78.9 Å². The molecule has 0 radical (unpaired) electrons. The number of rotatable bonds is 8. The van der Waals surface area contributed by atoms with E-state index in [1.54, 1.807) is 20.3 Å². The fourth-order valence-electron chi connectivity index (χ4n) is 3.16. The van der Waals surface area contributed by atoms with Crippen LogP contribution in [0.3, 0.4) is 0 Å². The highest BCUT2D eigenvalue weighted by atomic mass is 32.2. The predicted octanol–water partition coefficient (Wildman–Crippen LogP) is 5.61. The van der Waals surface area contributed by atoms with Gasteiger partial charge in [0, 0.05) is 23.0 Å². The van der Waals surface area contributed by atoms with Crippen LogP contribution in [-0.2, 0) is 5.75 Å². The first-order valence-electron chi connectivity index (χ1n) is 10.3. The molecule has 3 aromatic carbocycles. The molecule has 0 bridgehead atoms. The van der Waals surface area contributed by atoms with Gasteiger partial charge in [-0.15, -0.1) is 5.10 Å². The van der Waals surface area contributed by atoms with Crippen molar-refractivity contribution < 1.29 is 14.3 Å². The van der Waals surface area contributed by atoms with Gasteiger partial charge >= 0.3 is 0 Å². The highest BCUT2D eigenvalue weighted by Crippen LogP contribution is 2.26. The van der Waals surface area contributed by atoms with Gasteiger partial charge in [0.2, 0.25) is 0 Å². The zero-order chi connectivity index (χ0) is 23.0. The van der Waals surface area contributed by atoms with Gasteiger partial charge in [0.15, 0.2) is 11.0 Å². The van der Waals surface area contributed by atoms with E-state index in [0.717, 1.165) is 22.4 Å². The van der Waals surface area contributed by atoms with Crippen LogP contribution in [0.2, 0.25) is 0 Å². The van der Waals surface area contributed by atoms with E-state index in [0.29, 0.717) is 22.5 Å². The number of benzene rings is 3. The maximum Gasteiger partial charge on any atom is 0.273 e. The largest absolute Gasteiger partial charge is 0.497 e. The van der Waals surface area contributed by atoms with Gasteiger partial charge in [0.1, 0.15) is 11.5 Å². The molecule has 0 spiro atoms. The summed E-state index contributed by atoms with van der Waals surface area (Å²) >= 11 is 1.47. The van der Waals surface area contributed by atoms with E-state index in [1.165, 1.54) is 22.5 Å². The Kier molecular flexibility index (Phi) is 7.22. The van der Waals surface area contributed by atoms with Gasteiger partial charge in [-0.3, -0.25) is 4.79 Å². The summed E-state index contributed by atoms with van der Waals surface area (Å²) in [5, 5.41) is 5.04. The summed E-state index contributed by atoms with van der Waals surface area (Å²) in [7, 11) is 3.22. The average Bonchev–Trinajstić information content (AvgIpc) is 3.31. The Balaban J connectivity index is 1.64. The zero-order valence-corrected chi connectivity index (χ0v) is 19.2. The predicted molar refractivity (Wildman–Crippen MR) is 131 cm³/mol. The molecule has 0 aliphatic carbocycles. The molecule has 1 aromatic heterocycles. The molecule has 0 atom stereocenters. The van der Waals surface area contributed by atoms with Crippen LogP contribution in [0.1, 0.15) is 15.9 Å². The second-order valence-electron chi connectivity index (χ2n) is 7.05. The number of nitrogens with zero attached hydrogens (tertiary/aromatic N) is 3. The van der Waals surface area contributed by atoms with Gasteiger partial charge < -0.3 is 9.47 Å². The van der Waals surface area contributed by atoms with Gasteiger partial charge in [0.05, 0.1) is 14.2 Å². The van der Waals surface area contributed by atoms with Crippen molar-refractivity contribution in [1.82, 2.24) is 14.8 Å². The number of para-hydroxylation sites is 1. The fourth-order valence-corrected chi connectivity index (χ4v) is 4.05. The van der Waals surface area contributed by atoms with Crippen LogP contribution in [0.15, 0.2) is 90.1 Å². The van der Waals surface area contributed by atoms with Crippen LogP contribution >= 0.6 is 11.8 Å². The van der Waals surface area contributed by atoms with Gasteiger partial charge in [-0.2, -0.15) is 4.68 Å². The number of carbonyl (C=O) groups is 1. The van der Waals surface area contributed by atoms with Crippen molar-refractivity contribution in [3.05, 3.63) is 96.1 Å². The van der Waals surface area contributed by atoms with Crippen molar-refractivity contribution in [3.63, 3.8) is 0 Å². The van der Waals surface area contributed by atoms with Crippen molar-refractivity contribution in [2.24, 2.45) is 0 Å². The van der Waals surface area contributed by atoms with Crippen LogP contribution in [0, 0.1) is 0 Å². The number of methoxy groups -OCH3 is 2.